The molecule has 2 heterocycles. The lowest BCUT2D eigenvalue weighted by molar-refractivity contribution is -0.119. The number of amides is 1. The molecule has 0 bridgehead atoms. The standard InChI is InChI=1S/C15H16FN3O/c16-11-1-2-12-13(8-18-14(12)7-11)10-3-5-19(6-4-10)9-15(17)20/h1-3,7-8,18H,4-6,9H2,(H2,17,20). The molecule has 1 aliphatic rings. The fraction of sp³-hybridized carbons (Fsp3) is 0.267. The van der Waals surface area contributed by atoms with Crippen molar-refractivity contribution in [3.05, 3.63) is 41.9 Å². The molecule has 0 saturated heterocycles. The lowest BCUT2D eigenvalue weighted by atomic mass is 9.99. The summed E-state index contributed by atoms with van der Waals surface area (Å²) in [5.74, 6) is -0.541. The first kappa shape index (κ1) is 12.9. The van der Waals surface area contributed by atoms with E-state index in [0.717, 1.165) is 29.4 Å². The quantitative estimate of drug-likeness (QED) is 0.897. The Balaban J connectivity index is 1.85. The van der Waals surface area contributed by atoms with Crippen LogP contribution in [0.25, 0.3) is 16.5 Å². The highest BCUT2D eigenvalue weighted by molar-refractivity contribution is 5.92. The van der Waals surface area contributed by atoms with Crippen LogP contribution in [0.4, 0.5) is 4.39 Å². The Hall–Kier alpha value is -2.14. The molecule has 2 aromatic rings. The third-order valence-electron chi connectivity index (χ3n) is 3.66. The fourth-order valence-electron chi connectivity index (χ4n) is 2.68. The Morgan fingerprint density at radius 1 is 1.45 bits per heavy atom. The van der Waals surface area contributed by atoms with Gasteiger partial charge in [-0.1, -0.05) is 6.08 Å². The molecule has 0 atom stereocenters. The van der Waals surface area contributed by atoms with E-state index in [0.29, 0.717) is 13.1 Å². The molecule has 0 aliphatic carbocycles. The number of carbonyl (C=O) groups is 1. The number of primary amides is 1. The minimum Gasteiger partial charge on any atom is -0.369 e. The van der Waals surface area contributed by atoms with Crippen LogP contribution in [0.15, 0.2) is 30.5 Å². The Morgan fingerprint density at radius 3 is 3.00 bits per heavy atom. The number of hydrogen-bond acceptors (Lipinski definition) is 2. The SMILES string of the molecule is NC(=O)CN1CC=C(c2c[nH]c3cc(F)ccc23)CC1. The minimum atomic E-state index is -0.301. The third-order valence-corrected chi connectivity index (χ3v) is 3.66. The van der Waals surface area contributed by atoms with Gasteiger partial charge in [0.25, 0.3) is 0 Å². The van der Waals surface area contributed by atoms with E-state index in [9.17, 15) is 9.18 Å². The Kier molecular flexibility index (Phi) is 3.28. The summed E-state index contributed by atoms with van der Waals surface area (Å²) in [5, 5.41) is 1.03. The zero-order valence-corrected chi connectivity index (χ0v) is 11.0. The molecule has 0 spiro atoms. The molecule has 3 N–H and O–H groups in total. The van der Waals surface area contributed by atoms with Crippen LogP contribution < -0.4 is 5.73 Å². The number of aromatic amines is 1. The van der Waals surface area contributed by atoms with Crippen LogP contribution in [-0.4, -0.2) is 35.4 Å². The molecule has 1 aromatic heterocycles. The molecule has 5 heteroatoms. The van der Waals surface area contributed by atoms with Gasteiger partial charge in [0.15, 0.2) is 0 Å². The predicted octanol–water partition coefficient (Wildman–Crippen LogP) is 1.88. The first-order valence-corrected chi connectivity index (χ1v) is 6.60. The van der Waals surface area contributed by atoms with E-state index in [-0.39, 0.29) is 11.7 Å². The number of aromatic nitrogens is 1. The molecule has 0 radical (unpaired) electrons. The highest BCUT2D eigenvalue weighted by Crippen LogP contribution is 2.29. The molecule has 0 saturated carbocycles. The number of H-pyrrole nitrogens is 1. The smallest absolute Gasteiger partial charge is 0.231 e. The van der Waals surface area contributed by atoms with Crippen LogP contribution in [0.3, 0.4) is 0 Å². The molecule has 1 aromatic carbocycles. The molecular weight excluding hydrogens is 257 g/mol. The van der Waals surface area contributed by atoms with Gasteiger partial charge in [0.05, 0.1) is 6.54 Å². The number of nitrogens with two attached hydrogens (primary N) is 1. The largest absolute Gasteiger partial charge is 0.369 e. The van der Waals surface area contributed by atoms with Crippen LogP contribution in [0.1, 0.15) is 12.0 Å². The summed E-state index contributed by atoms with van der Waals surface area (Å²) >= 11 is 0. The highest BCUT2D eigenvalue weighted by atomic mass is 19.1. The maximum Gasteiger partial charge on any atom is 0.231 e. The second kappa shape index (κ2) is 5.09. The Labute approximate surface area is 116 Å². The Bertz CT molecular complexity index is 689. The van der Waals surface area contributed by atoms with Crippen LogP contribution >= 0.6 is 0 Å². The summed E-state index contributed by atoms with van der Waals surface area (Å²) < 4.78 is 13.2. The van der Waals surface area contributed by atoms with E-state index in [1.807, 2.05) is 11.1 Å². The van der Waals surface area contributed by atoms with E-state index in [2.05, 4.69) is 11.1 Å². The molecule has 4 nitrogen and oxygen atoms in total. The molecule has 1 aliphatic heterocycles. The van der Waals surface area contributed by atoms with Gasteiger partial charge >= 0.3 is 0 Å². The van der Waals surface area contributed by atoms with Crippen molar-refractivity contribution in [3.63, 3.8) is 0 Å². The summed E-state index contributed by atoms with van der Waals surface area (Å²) in [6, 6.07) is 4.77. The van der Waals surface area contributed by atoms with E-state index in [1.165, 1.54) is 17.7 Å². The maximum absolute atomic E-state index is 13.2. The average molecular weight is 273 g/mol. The van der Waals surface area contributed by atoms with Gasteiger partial charge in [-0.05, 0) is 30.2 Å². The predicted molar refractivity (Wildman–Crippen MR) is 76.5 cm³/mol. The van der Waals surface area contributed by atoms with Crippen molar-refractivity contribution in [1.82, 2.24) is 9.88 Å². The van der Waals surface area contributed by atoms with Crippen LogP contribution in [0.2, 0.25) is 0 Å². The summed E-state index contributed by atoms with van der Waals surface area (Å²) in [5.41, 5.74) is 8.34. The third kappa shape index (κ3) is 2.44. The van der Waals surface area contributed by atoms with Gasteiger partial charge in [-0.15, -0.1) is 0 Å². The van der Waals surface area contributed by atoms with Crippen molar-refractivity contribution in [3.8, 4) is 0 Å². The molecular formula is C15H16FN3O. The number of benzene rings is 1. The van der Waals surface area contributed by atoms with Crippen molar-refractivity contribution >= 4 is 22.4 Å². The van der Waals surface area contributed by atoms with Crippen molar-refractivity contribution < 1.29 is 9.18 Å². The van der Waals surface area contributed by atoms with Crippen molar-refractivity contribution in [2.75, 3.05) is 19.6 Å². The number of rotatable bonds is 3. The number of carbonyl (C=O) groups excluding carboxylic acids is 1. The topological polar surface area (TPSA) is 62.1 Å². The molecule has 1 amide bonds. The monoisotopic (exact) mass is 273 g/mol. The first-order valence-electron chi connectivity index (χ1n) is 6.60. The van der Waals surface area contributed by atoms with Gasteiger partial charge in [0.2, 0.25) is 5.91 Å². The van der Waals surface area contributed by atoms with Gasteiger partial charge in [-0.3, -0.25) is 9.69 Å². The second-order valence-electron chi connectivity index (χ2n) is 5.07. The van der Waals surface area contributed by atoms with E-state index in [1.54, 1.807) is 6.07 Å². The van der Waals surface area contributed by atoms with Gasteiger partial charge in [0, 0.05) is 35.8 Å². The van der Waals surface area contributed by atoms with Crippen molar-refractivity contribution in [1.29, 1.82) is 0 Å². The average Bonchev–Trinajstić information content (AvgIpc) is 2.82. The first-order chi connectivity index (χ1) is 9.63. The molecule has 104 valence electrons. The lowest BCUT2D eigenvalue weighted by Gasteiger charge is -2.24. The van der Waals surface area contributed by atoms with Crippen LogP contribution in [-0.2, 0) is 4.79 Å². The number of hydrogen-bond donors (Lipinski definition) is 2. The van der Waals surface area contributed by atoms with Gasteiger partial charge in [-0.25, -0.2) is 4.39 Å². The van der Waals surface area contributed by atoms with E-state index < -0.39 is 0 Å². The summed E-state index contributed by atoms with van der Waals surface area (Å²) in [4.78, 5) is 16.0. The van der Waals surface area contributed by atoms with Gasteiger partial charge in [0.1, 0.15) is 5.82 Å². The summed E-state index contributed by atoms with van der Waals surface area (Å²) in [6.07, 6.45) is 4.88. The van der Waals surface area contributed by atoms with Crippen LogP contribution in [0.5, 0.6) is 0 Å². The van der Waals surface area contributed by atoms with Gasteiger partial charge < -0.3 is 10.7 Å². The fourth-order valence-corrected chi connectivity index (χ4v) is 2.68. The van der Waals surface area contributed by atoms with Crippen molar-refractivity contribution in [2.45, 2.75) is 6.42 Å². The van der Waals surface area contributed by atoms with Crippen molar-refractivity contribution in [2.24, 2.45) is 5.73 Å². The minimum absolute atomic E-state index is 0.240. The highest BCUT2D eigenvalue weighted by Gasteiger charge is 2.16. The maximum atomic E-state index is 13.2. The second-order valence-corrected chi connectivity index (χ2v) is 5.07. The van der Waals surface area contributed by atoms with E-state index in [4.69, 9.17) is 5.73 Å². The number of nitrogens with one attached hydrogen (secondary N) is 1. The molecule has 0 fully saturated rings. The summed E-state index contributed by atoms with van der Waals surface area (Å²) in [6.45, 7) is 1.82. The number of fused-ring (bicyclic) bond motifs is 1. The normalized spacial score (nSPS) is 16.4. The zero-order chi connectivity index (χ0) is 14.1. The van der Waals surface area contributed by atoms with E-state index >= 15 is 0 Å². The molecule has 0 unspecified atom stereocenters. The Morgan fingerprint density at radius 2 is 2.30 bits per heavy atom. The van der Waals surface area contributed by atoms with Gasteiger partial charge in [-0.2, -0.15) is 0 Å². The van der Waals surface area contributed by atoms with Crippen LogP contribution in [0, 0.1) is 5.82 Å². The summed E-state index contributed by atoms with van der Waals surface area (Å²) in [7, 11) is 0. The zero-order valence-electron chi connectivity index (χ0n) is 11.0. The lowest BCUT2D eigenvalue weighted by Crippen LogP contribution is -2.36. The number of nitrogens with zero attached hydrogens (tertiary/aromatic N) is 1. The molecule has 3 rings (SSSR count). The molecule has 20 heavy (non-hydrogen) atoms. The number of halogens is 1.